The molecule has 2 N–H and O–H groups in total. The van der Waals surface area contributed by atoms with Gasteiger partial charge in [0.1, 0.15) is 5.82 Å². The summed E-state index contributed by atoms with van der Waals surface area (Å²) in [5.74, 6) is -0.830. The molecule has 4 aromatic rings. The number of carbonyl (C=O) groups excluding carboxylic acids is 1. The monoisotopic (exact) mass is 475 g/mol. The van der Waals surface area contributed by atoms with Gasteiger partial charge in [0, 0.05) is 11.6 Å². The summed E-state index contributed by atoms with van der Waals surface area (Å²) < 4.78 is 38.2. The van der Waals surface area contributed by atoms with E-state index in [1.165, 1.54) is 12.1 Å². The normalized spacial score (nSPS) is 15.0. The average molecular weight is 476 g/mol. The van der Waals surface area contributed by atoms with Crippen molar-refractivity contribution in [2.75, 3.05) is 4.31 Å². The Bertz CT molecular complexity index is 1370. The molecule has 1 aliphatic rings. The number of anilines is 2. The summed E-state index contributed by atoms with van der Waals surface area (Å²) in [4.78, 5) is 17.8. The van der Waals surface area contributed by atoms with Gasteiger partial charge in [-0.25, -0.2) is 12.9 Å². The van der Waals surface area contributed by atoms with Crippen molar-refractivity contribution >= 4 is 39.5 Å². The summed E-state index contributed by atoms with van der Waals surface area (Å²) in [5, 5.41) is 3.80. The molecule has 1 amide bonds. The number of rotatable bonds is 7. The van der Waals surface area contributed by atoms with Gasteiger partial charge in [-0.15, -0.1) is 0 Å². The van der Waals surface area contributed by atoms with Gasteiger partial charge in [-0.1, -0.05) is 48.5 Å². The topological polar surface area (TPSA) is 82.5 Å². The molecule has 0 radical (unpaired) electrons. The molecule has 1 aliphatic carbocycles. The van der Waals surface area contributed by atoms with Crippen LogP contribution in [-0.2, 0) is 11.3 Å². The zero-order chi connectivity index (χ0) is 23.7. The van der Waals surface area contributed by atoms with E-state index in [1.54, 1.807) is 24.4 Å². The molecule has 6 nitrogen and oxygen atoms in total. The number of fused-ring (bicyclic) bond motifs is 1. The van der Waals surface area contributed by atoms with E-state index in [2.05, 4.69) is 10.3 Å². The van der Waals surface area contributed by atoms with E-state index in [0.29, 0.717) is 17.1 Å². The van der Waals surface area contributed by atoms with E-state index in [9.17, 15) is 17.9 Å². The molecule has 0 spiro atoms. The molecule has 3 aromatic carbocycles. The molecule has 8 heteroatoms. The van der Waals surface area contributed by atoms with Crippen LogP contribution in [0.4, 0.5) is 15.8 Å². The van der Waals surface area contributed by atoms with Crippen molar-refractivity contribution in [3.8, 4) is 0 Å². The zero-order valence-electron chi connectivity index (χ0n) is 18.1. The minimum Gasteiger partial charge on any atom is -0.345 e. The van der Waals surface area contributed by atoms with Crippen molar-refractivity contribution in [2.24, 2.45) is 5.92 Å². The Kier molecular flexibility index (Phi) is 6.08. The predicted molar refractivity (Wildman–Crippen MR) is 130 cm³/mol. The summed E-state index contributed by atoms with van der Waals surface area (Å²) in [7, 11) is 0. The number of amides is 1. The lowest BCUT2D eigenvalue weighted by atomic mass is 10.0. The van der Waals surface area contributed by atoms with Crippen LogP contribution in [-0.4, -0.2) is 19.7 Å². The number of nitrogens with zero attached hydrogens (tertiary/aromatic N) is 2. The first-order chi connectivity index (χ1) is 16.5. The number of hydrogen-bond donors (Lipinski definition) is 2. The van der Waals surface area contributed by atoms with Crippen molar-refractivity contribution in [1.29, 1.82) is 0 Å². The van der Waals surface area contributed by atoms with Crippen molar-refractivity contribution < 1.29 is 17.9 Å². The number of nitrogens with one attached hydrogen (secondary N) is 1. The Morgan fingerprint density at radius 3 is 2.53 bits per heavy atom. The number of pyridine rings is 1. The fourth-order valence-electron chi connectivity index (χ4n) is 4.20. The van der Waals surface area contributed by atoms with Crippen LogP contribution in [0.5, 0.6) is 0 Å². The van der Waals surface area contributed by atoms with Gasteiger partial charge in [0.25, 0.3) is 17.2 Å². The Morgan fingerprint density at radius 2 is 1.79 bits per heavy atom. The standard InChI is InChI=1S/C26H22FN3O3S/c27-20-13-14-22(30(34(32)33)23-10-4-8-18-9-5-15-28-25(18)23)21(16-20)26(31)29-24(19-11-12-19)17-6-2-1-3-7-17/h1-10,13-16,19,24H,11-12H2,(H,29,31)(H,32,33). The smallest absolute Gasteiger partial charge is 0.266 e. The first kappa shape index (κ1) is 22.2. The molecule has 1 fully saturated rings. The lowest BCUT2D eigenvalue weighted by Gasteiger charge is -2.25. The molecular weight excluding hydrogens is 453 g/mol. The van der Waals surface area contributed by atoms with Gasteiger partial charge in [-0.2, -0.15) is 0 Å². The van der Waals surface area contributed by atoms with Crippen LogP contribution in [0.1, 0.15) is 34.8 Å². The van der Waals surface area contributed by atoms with Gasteiger partial charge in [0.05, 0.1) is 28.5 Å². The fourth-order valence-corrected chi connectivity index (χ4v) is 4.84. The van der Waals surface area contributed by atoms with Crippen LogP contribution in [0.25, 0.3) is 10.9 Å². The number of benzene rings is 3. The zero-order valence-corrected chi connectivity index (χ0v) is 18.9. The van der Waals surface area contributed by atoms with E-state index in [0.717, 1.165) is 34.2 Å². The van der Waals surface area contributed by atoms with Crippen molar-refractivity contribution in [2.45, 2.75) is 18.9 Å². The average Bonchev–Trinajstić information content (AvgIpc) is 3.69. The molecular formula is C26H22FN3O3S. The lowest BCUT2D eigenvalue weighted by molar-refractivity contribution is 0.0932. The fraction of sp³-hybridized carbons (Fsp3) is 0.154. The maximum atomic E-state index is 14.3. The van der Waals surface area contributed by atoms with Crippen LogP contribution in [0.15, 0.2) is 85.1 Å². The third-order valence-corrected chi connectivity index (χ3v) is 6.65. The summed E-state index contributed by atoms with van der Waals surface area (Å²) in [6.45, 7) is 0. The minimum atomic E-state index is -2.55. The molecule has 34 heavy (non-hydrogen) atoms. The van der Waals surface area contributed by atoms with E-state index in [1.807, 2.05) is 42.5 Å². The van der Waals surface area contributed by atoms with Crippen LogP contribution >= 0.6 is 0 Å². The van der Waals surface area contributed by atoms with Gasteiger partial charge in [0.15, 0.2) is 0 Å². The maximum Gasteiger partial charge on any atom is 0.266 e. The molecule has 5 rings (SSSR count). The summed E-state index contributed by atoms with van der Waals surface area (Å²) >= 11 is -2.55. The molecule has 1 saturated carbocycles. The summed E-state index contributed by atoms with van der Waals surface area (Å²) in [6, 6.07) is 21.8. The quantitative estimate of drug-likeness (QED) is 0.344. The largest absolute Gasteiger partial charge is 0.345 e. The second-order valence-corrected chi connectivity index (χ2v) is 9.06. The lowest BCUT2D eigenvalue weighted by Crippen LogP contribution is -2.32. The second-order valence-electron chi connectivity index (χ2n) is 8.24. The summed E-state index contributed by atoms with van der Waals surface area (Å²) in [5.41, 5.74) is 1.87. The number of hydrogen-bond acceptors (Lipinski definition) is 3. The Morgan fingerprint density at radius 1 is 1.03 bits per heavy atom. The summed E-state index contributed by atoms with van der Waals surface area (Å²) in [6.07, 6.45) is 3.57. The van der Waals surface area contributed by atoms with Crippen LogP contribution in [0.3, 0.4) is 0 Å². The highest BCUT2D eigenvalue weighted by Crippen LogP contribution is 2.41. The van der Waals surface area contributed by atoms with E-state index >= 15 is 0 Å². The highest BCUT2D eigenvalue weighted by molar-refractivity contribution is 7.81. The van der Waals surface area contributed by atoms with Crippen LogP contribution in [0.2, 0.25) is 0 Å². The van der Waals surface area contributed by atoms with Gasteiger partial charge in [-0.05, 0) is 54.7 Å². The van der Waals surface area contributed by atoms with Gasteiger partial charge < -0.3 is 5.32 Å². The van der Waals surface area contributed by atoms with Gasteiger partial charge in [0.2, 0.25) is 0 Å². The predicted octanol–water partition coefficient (Wildman–Crippen LogP) is 5.53. The number of carbonyl (C=O) groups is 1. The maximum absolute atomic E-state index is 14.3. The third kappa shape index (κ3) is 4.42. The van der Waals surface area contributed by atoms with Crippen molar-refractivity contribution in [1.82, 2.24) is 10.3 Å². The van der Waals surface area contributed by atoms with Crippen LogP contribution < -0.4 is 9.62 Å². The Labute approximate surface area is 198 Å². The SMILES string of the molecule is O=C(NC(c1ccccc1)C1CC1)c1cc(F)ccc1N(c1cccc2cccnc12)S(=O)O. The van der Waals surface area contributed by atoms with E-state index in [-0.39, 0.29) is 17.3 Å². The second kappa shape index (κ2) is 9.32. The first-order valence-electron chi connectivity index (χ1n) is 10.9. The first-order valence-corrected chi connectivity index (χ1v) is 12.0. The molecule has 1 aromatic heterocycles. The van der Waals surface area contributed by atoms with Crippen molar-refractivity contribution in [3.05, 3.63) is 102 Å². The Balaban J connectivity index is 1.57. The van der Waals surface area contributed by atoms with E-state index < -0.39 is 23.0 Å². The number of aromatic nitrogens is 1. The van der Waals surface area contributed by atoms with Crippen LogP contribution in [0, 0.1) is 11.7 Å². The number of para-hydroxylation sites is 1. The van der Waals surface area contributed by atoms with E-state index in [4.69, 9.17) is 0 Å². The molecule has 0 aliphatic heterocycles. The van der Waals surface area contributed by atoms with Gasteiger partial charge in [-0.3, -0.25) is 14.3 Å². The third-order valence-electron chi connectivity index (χ3n) is 5.95. The van der Waals surface area contributed by atoms with Crippen molar-refractivity contribution in [3.63, 3.8) is 0 Å². The highest BCUT2D eigenvalue weighted by Gasteiger charge is 2.34. The molecule has 0 saturated heterocycles. The Hall–Kier alpha value is -3.62. The number of halogens is 1. The minimum absolute atomic E-state index is 0.0306. The molecule has 2 atom stereocenters. The molecule has 2 unspecified atom stereocenters. The molecule has 0 bridgehead atoms. The molecule has 172 valence electrons. The highest BCUT2D eigenvalue weighted by atomic mass is 32.2. The molecule has 1 heterocycles. The van der Waals surface area contributed by atoms with Gasteiger partial charge >= 0.3 is 0 Å².